The largest absolute Gasteiger partial charge is 0.350 e. The highest BCUT2D eigenvalue weighted by Gasteiger charge is 2.27. The molecule has 2 unspecified atom stereocenters. The molecule has 0 bridgehead atoms. The Kier molecular flexibility index (Phi) is 9.95. The fourth-order valence-corrected chi connectivity index (χ4v) is 4.13. The number of amides is 2. The van der Waals surface area contributed by atoms with E-state index in [0.29, 0.717) is 24.7 Å². The Morgan fingerprint density at radius 3 is 2.25 bits per heavy atom. The Hall–Kier alpha value is -2.14. The molecule has 1 saturated carbocycles. The quantitative estimate of drug-likeness (QED) is 0.524. The summed E-state index contributed by atoms with van der Waals surface area (Å²) < 4.78 is 0. The van der Waals surface area contributed by atoms with Crippen LogP contribution in [0.2, 0.25) is 0 Å². The number of nitrogens with two attached hydrogens (primary N) is 1. The zero-order valence-corrected chi connectivity index (χ0v) is 20.6. The van der Waals surface area contributed by atoms with Crippen molar-refractivity contribution in [3.8, 4) is 0 Å². The molecule has 1 aliphatic carbocycles. The van der Waals surface area contributed by atoms with Crippen LogP contribution < -0.4 is 16.4 Å². The normalized spacial score (nSPS) is 17.3. The van der Waals surface area contributed by atoms with Crippen molar-refractivity contribution in [2.75, 3.05) is 0 Å². The highest BCUT2D eigenvalue weighted by atomic mass is 16.2. The molecule has 4 N–H and O–H groups in total. The Balaban J connectivity index is 2.05. The SMILES string of the molecule is CC(C)CC(N)C(=O)NC(Cc1ccc(C=CC2CCCCC2)cc1)C(=O)NC(C)(C)C. The van der Waals surface area contributed by atoms with Gasteiger partial charge in [-0.2, -0.15) is 0 Å². The van der Waals surface area contributed by atoms with Crippen LogP contribution >= 0.6 is 0 Å². The number of carbonyl (C=O) groups excluding carboxylic acids is 2. The summed E-state index contributed by atoms with van der Waals surface area (Å²) >= 11 is 0. The summed E-state index contributed by atoms with van der Waals surface area (Å²) in [5, 5.41) is 5.87. The molecule has 0 aromatic heterocycles. The first kappa shape index (κ1) is 26.1. The molecular weight excluding hydrogens is 398 g/mol. The molecule has 1 aliphatic rings. The van der Waals surface area contributed by atoms with Gasteiger partial charge in [-0.25, -0.2) is 0 Å². The van der Waals surface area contributed by atoms with Crippen LogP contribution in [0.1, 0.15) is 84.3 Å². The third-order valence-corrected chi connectivity index (χ3v) is 5.82. The summed E-state index contributed by atoms with van der Waals surface area (Å²) in [4.78, 5) is 25.5. The zero-order valence-electron chi connectivity index (χ0n) is 20.6. The van der Waals surface area contributed by atoms with Crippen LogP contribution in [0.3, 0.4) is 0 Å². The van der Waals surface area contributed by atoms with Crippen molar-refractivity contribution in [2.24, 2.45) is 17.6 Å². The predicted octanol–water partition coefficient (Wildman–Crippen LogP) is 4.60. The molecular formula is C27H43N3O2. The third-order valence-electron chi connectivity index (χ3n) is 5.82. The maximum Gasteiger partial charge on any atom is 0.243 e. The molecule has 0 radical (unpaired) electrons. The van der Waals surface area contributed by atoms with Crippen LogP contribution in [0.25, 0.3) is 6.08 Å². The molecule has 0 spiro atoms. The Labute approximate surface area is 194 Å². The van der Waals surface area contributed by atoms with Crippen molar-refractivity contribution in [3.63, 3.8) is 0 Å². The van der Waals surface area contributed by atoms with Gasteiger partial charge in [0.15, 0.2) is 0 Å². The molecule has 1 aromatic rings. The average molecular weight is 442 g/mol. The second kappa shape index (κ2) is 12.2. The van der Waals surface area contributed by atoms with Gasteiger partial charge in [0.2, 0.25) is 11.8 Å². The zero-order chi connectivity index (χ0) is 23.7. The minimum atomic E-state index is -0.663. The lowest BCUT2D eigenvalue weighted by Crippen LogP contribution is -2.55. The summed E-state index contributed by atoms with van der Waals surface area (Å²) in [6.07, 6.45) is 12.2. The monoisotopic (exact) mass is 441 g/mol. The van der Waals surface area contributed by atoms with Crippen LogP contribution in [0.4, 0.5) is 0 Å². The number of hydrogen-bond acceptors (Lipinski definition) is 3. The smallest absolute Gasteiger partial charge is 0.243 e. The van der Waals surface area contributed by atoms with E-state index in [-0.39, 0.29) is 17.4 Å². The molecule has 2 rings (SSSR count). The van der Waals surface area contributed by atoms with Crippen LogP contribution in [-0.4, -0.2) is 29.4 Å². The van der Waals surface area contributed by atoms with E-state index >= 15 is 0 Å². The van der Waals surface area contributed by atoms with Crippen molar-refractivity contribution < 1.29 is 9.59 Å². The van der Waals surface area contributed by atoms with Crippen molar-refractivity contribution in [3.05, 3.63) is 41.5 Å². The molecule has 2 amide bonds. The van der Waals surface area contributed by atoms with E-state index in [1.165, 1.54) is 32.1 Å². The van der Waals surface area contributed by atoms with Crippen LogP contribution in [0.15, 0.2) is 30.3 Å². The maximum absolute atomic E-state index is 12.9. The van der Waals surface area contributed by atoms with Gasteiger partial charge in [-0.1, -0.05) is 69.5 Å². The van der Waals surface area contributed by atoms with Crippen molar-refractivity contribution in [1.82, 2.24) is 10.6 Å². The van der Waals surface area contributed by atoms with Gasteiger partial charge in [-0.05, 0) is 63.0 Å². The third kappa shape index (κ3) is 9.56. The standard InChI is InChI=1S/C27H43N3O2/c1-19(2)17-23(28)25(31)29-24(26(32)30-27(3,4)5)18-22-15-13-21(14-16-22)12-11-20-9-7-6-8-10-20/h11-16,19-20,23-24H,6-10,17-18,28H2,1-5H3,(H,29,31)(H,30,32). The average Bonchev–Trinajstić information content (AvgIpc) is 2.71. The number of carbonyl (C=O) groups is 2. The number of rotatable bonds is 9. The Bertz CT molecular complexity index is 756. The summed E-state index contributed by atoms with van der Waals surface area (Å²) in [5.74, 6) is 0.537. The second-order valence-electron chi connectivity index (χ2n) is 10.7. The summed E-state index contributed by atoms with van der Waals surface area (Å²) in [7, 11) is 0. The van der Waals surface area contributed by atoms with Crippen LogP contribution in [0, 0.1) is 11.8 Å². The number of benzene rings is 1. The number of nitrogens with one attached hydrogen (secondary N) is 2. The Morgan fingerprint density at radius 1 is 1.06 bits per heavy atom. The molecule has 32 heavy (non-hydrogen) atoms. The molecule has 0 heterocycles. The number of hydrogen-bond donors (Lipinski definition) is 3. The van der Waals surface area contributed by atoms with Gasteiger partial charge in [-0.3, -0.25) is 9.59 Å². The molecule has 0 saturated heterocycles. The van der Waals surface area contributed by atoms with Gasteiger partial charge in [-0.15, -0.1) is 0 Å². The second-order valence-corrected chi connectivity index (χ2v) is 10.7. The minimum Gasteiger partial charge on any atom is -0.350 e. The summed E-state index contributed by atoms with van der Waals surface area (Å²) in [5.41, 5.74) is 7.84. The van der Waals surface area contributed by atoms with Gasteiger partial charge in [0.1, 0.15) is 6.04 Å². The van der Waals surface area contributed by atoms with E-state index in [0.717, 1.165) is 11.1 Å². The van der Waals surface area contributed by atoms with E-state index in [1.807, 2.05) is 46.8 Å². The number of allylic oxidation sites excluding steroid dienone is 1. The van der Waals surface area contributed by atoms with E-state index < -0.39 is 12.1 Å². The molecule has 1 fully saturated rings. The topological polar surface area (TPSA) is 84.2 Å². The summed E-state index contributed by atoms with van der Waals surface area (Å²) in [6.45, 7) is 9.85. The van der Waals surface area contributed by atoms with Gasteiger partial charge < -0.3 is 16.4 Å². The lowest BCUT2D eigenvalue weighted by Gasteiger charge is -2.26. The van der Waals surface area contributed by atoms with Gasteiger partial charge in [0.05, 0.1) is 6.04 Å². The maximum atomic E-state index is 12.9. The van der Waals surface area contributed by atoms with Crippen molar-refractivity contribution in [2.45, 2.75) is 97.2 Å². The first-order valence-corrected chi connectivity index (χ1v) is 12.2. The van der Waals surface area contributed by atoms with Crippen LogP contribution in [0.5, 0.6) is 0 Å². The fourth-order valence-electron chi connectivity index (χ4n) is 4.13. The van der Waals surface area contributed by atoms with E-state index in [2.05, 4.69) is 34.9 Å². The van der Waals surface area contributed by atoms with Crippen LogP contribution in [-0.2, 0) is 16.0 Å². The lowest BCUT2D eigenvalue weighted by atomic mass is 9.88. The van der Waals surface area contributed by atoms with Crippen molar-refractivity contribution in [1.29, 1.82) is 0 Å². The van der Waals surface area contributed by atoms with Gasteiger partial charge in [0, 0.05) is 12.0 Å². The highest BCUT2D eigenvalue weighted by molar-refractivity contribution is 5.90. The molecule has 2 atom stereocenters. The molecule has 5 nitrogen and oxygen atoms in total. The molecule has 178 valence electrons. The van der Waals surface area contributed by atoms with Crippen molar-refractivity contribution >= 4 is 17.9 Å². The van der Waals surface area contributed by atoms with Gasteiger partial charge >= 0.3 is 0 Å². The first-order valence-electron chi connectivity index (χ1n) is 12.2. The first-order chi connectivity index (χ1) is 15.0. The Morgan fingerprint density at radius 2 is 1.69 bits per heavy atom. The van der Waals surface area contributed by atoms with Gasteiger partial charge in [0.25, 0.3) is 0 Å². The molecule has 5 heteroatoms. The van der Waals surface area contributed by atoms with E-state index in [9.17, 15) is 9.59 Å². The van der Waals surface area contributed by atoms with E-state index in [4.69, 9.17) is 5.73 Å². The summed E-state index contributed by atoms with van der Waals surface area (Å²) in [6, 6.07) is 6.96. The fraction of sp³-hybridized carbons (Fsp3) is 0.630. The molecule has 0 aliphatic heterocycles. The molecule has 1 aromatic carbocycles. The predicted molar refractivity (Wildman–Crippen MR) is 133 cm³/mol. The van der Waals surface area contributed by atoms with E-state index in [1.54, 1.807) is 0 Å². The lowest BCUT2D eigenvalue weighted by molar-refractivity contribution is -0.130. The minimum absolute atomic E-state index is 0.191. The highest BCUT2D eigenvalue weighted by Crippen LogP contribution is 2.25.